The zero-order valence-electron chi connectivity index (χ0n) is 10.9. The third-order valence-electron chi connectivity index (χ3n) is 2.89. The molecule has 0 saturated carbocycles. The number of nitrogens with one attached hydrogen (secondary N) is 1. The molecular formula is C15H11ClN2O2S. The smallest absolute Gasteiger partial charge is 0.273 e. The summed E-state index contributed by atoms with van der Waals surface area (Å²) in [5.74, 6) is 0.201. The highest BCUT2D eigenvalue weighted by Gasteiger charge is 2.15. The minimum Gasteiger partial charge on any atom is -0.355 e. The molecule has 1 amide bonds. The number of aromatic nitrogens is 1. The Morgan fingerprint density at radius 3 is 2.90 bits per heavy atom. The van der Waals surface area contributed by atoms with Crippen LogP contribution in [0.15, 0.2) is 52.4 Å². The number of carbonyl (C=O) groups is 1. The van der Waals surface area contributed by atoms with Crippen molar-refractivity contribution in [1.82, 2.24) is 10.5 Å². The van der Waals surface area contributed by atoms with E-state index in [1.807, 2.05) is 35.7 Å². The van der Waals surface area contributed by atoms with Crippen LogP contribution in [0.5, 0.6) is 0 Å². The van der Waals surface area contributed by atoms with E-state index in [4.69, 9.17) is 16.1 Å². The van der Waals surface area contributed by atoms with E-state index >= 15 is 0 Å². The Kier molecular flexibility index (Phi) is 4.03. The Morgan fingerprint density at radius 1 is 1.29 bits per heavy atom. The second-order valence-electron chi connectivity index (χ2n) is 4.32. The summed E-state index contributed by atoms with van der Waals surface area (Å²) in [4.78, 5) is 13.1. The molecular weight excluding hydrogens is 308 g/mol. The summed E-state index contributed by atoms with van der Waals surface area (Å²) in [7, 11) is 0. The lowest BCUT2D eigenvalue weighted by atomic mass is 10.1. The first-order valence-corrected chi connectivity index (χ1v) is 7.52. The molecule has 1 N–H and O–H groups in total. The maximum Gasteiger partial charge on any atom is 0.273 e. The summed E-state index contributed by atoms with van der Waals surface area (Å²) < 4.78 is 5.20. The topological polar surface area (TPSA) is 55.1 Å². The molecule has 106 valence electrons. The normalized spacial score (nSPS) is 10.5. The van der Waals surface area contributed by atoms with Crippen LogP contribution in [0, 0.1) is 0 Å². The molecule has 0 atom stereocenters. The maximum absolute atomic E-state index is 12.0. The van der Waals surface area contributed by atoms with Crippen LogP contribution in [-0.4, -0.2) is 11.1 Å². The van der Waals surface area contributed by atoms with E-state index in [-0.39, 0.29) is 11.6 Å². The standard InChI is InChI=1S/C15H11ClN2O2S/c16-12-6-2-1-5-11(12)14-8-13(18-20-14)15(19)17-9-10-4-3-7-21-10/h1-8H,9H2,(H,17,19). The number of hydrogen-bond donors (Lipinski definition) is 1. The number of hydrogen-bond acceptors (Lipinski definition) is 4. The fourth-order valence-electron chi connectivity index (χ4n) is 1.84. The summed E-state index contributed by atoms with van der Waals surface area (Å²) in [6.45, 7) is 0.477. The minimum atomic E-state index is -0.273. The molecule has 0 unspecified atom stereocenters. The molecule has 0 aliphatic rings. The second-order valence-corrected chi connectivity index (χ2v) is 5.76. The van der Waals surface area contributed by atoms with Gasteiger partial charge in [-0.1, -0.05) is 35.0 Å². The molecule has 2 aromatic heterocycles. The van der Waals surface area contributed by atoms with E-state index in [1.54, 1.807) is 23.5 Å². The molecule has 21 heavy (non-hydrogen) atoms. The van der Waals surface area contributed by atoms with Crippen LogP contribution in [0.3, 0.4) is 0 Å². The van der Waals surface area contributed by atoms with Gasteiger partial charge in [0, 0.05) is 16.5 Å². The van der Waals surface area contributed by atoms with Crippen LogP contribution in [0.1, 0.15) is 15.4 Å². The van der Waals surface area contributed by atoms with Crippen molar-refractivity contribution < 1.29 is 9.32 Å². The van der Waals surface area contributed by atoms with Crippen molar-refractivity contribution in [1.29, 1.82) is 0 Å². The second kappa shape index (κ2) is 6.11. The average Bonchev–Trinajstić information content (AvgIpc) is 3.17. The van der Waals surface area contributed by atoms with Gasteiger partial charge >= 0.3 is 0 Å². The summed E-state index contributed by atoms with van der Waals surface area (Å²) in [5, 5.41) is 9.11. The zero-order valence-corrected chi connectivity index (χ0v) is 12.4. The summed E-state index contributed by atoms with van der Waals surface area (Å²) in [6.07, 6.45) is 0. The van der Waals surface area contributed by atoms with Crippen LogP contribution in [0.4, 0.5) is 0 Å². The van der Waals surface area contributed by atoms with Gasteiger partial charge in [-0.25, -0.2) is 0 Å². The molecule has 0 bridgehead atoms. The molecule has 0 radical (unpaired) electrons. The third-order valence-corrected chi connectivity index (χ3v) is 4.09. The molecule has 1 aromatic carbocycles. The average molecular weight is 319 g/mol. The number of rotatable bonds is 4. The van der Waals surface area contributed by atoms with Gasteiger partial charge in [0.2, 0.25) is 0 Å². The predicted molar refractivity (Wildman–Crippen MR) is 82.4 cm³/mol. The Balaban J connectivity index is 1.73. The van der Waals surface area contributed by atoms with Crippen molar-refractivity contribution in [3.05, 3.63) is 63.4 Å². The molecule has 6 heteroatoms. The van der Waals surface area contributed by atoms with Crippen LogP contribution >= 0.6 is 22.9 Å². The van der Waals surface area contributed by atoms with Crippen molar-refractivity contribution in [3.8, 4) is 11.3 Å². The molecule has 0 spiro atoms. The van der Waals surface area contributed by atoms with Crippen LogP contribution in [0.2, 0.25) is 5.02 Å². The van der Waals surface area contributed by atoms with E-state index in [2.05, 4.69) is 10.5 Å². The van der Waals surface area contributed by atoms with Gasteiger partial charge in [-0.15, -0.1) is 11.3 Å². The number of thiophene rings is 1. The van der Waals surface area contributed by atoms with E-state index in [1.165, 1.54) is 0 Å². The Labute approximate surface area is 130 Å². The Bertz CT molecular complexity index is 753. The number of benzene rings is 1. The molecule has 0 aliphatic carbocycles. The lowest BCUT2D eigenvalue weighted by Crippen LogP contribution is -2.22. The zero-order chi connectivity index (χ0) is 14.7. The molecule has 0 aliphatic heterocycles. The van der Waals surface area contributed by atoms with Crippen molar-refractivity contribution in [2.24, 2.45) is 0 Å². The number of nitrogens with zero attached hydrogens (tertiary/aromatic N) is 1. The minimum absolute atomic E-state index is 0.237. The first-order chi connectivity index (χ1) is 10.2. The summed E-state index contributed by atoms with van der Waals surface area (Å²) in [6, 6.07) is 12.7. The van der Waals surface area contributed by atoms with Crippen molar-refractivity contribution in [3.63, 3.8) is 0 Å². The number of amides is 1. The molecule has 3 aromatic rings. The van der Waals surface area contributed by atoms with Gasteiger partial charge in [0.1, 0.15) is 0 Å². The predicted octanol–water partition coefficient (Wildman–Crippen LogP) is 3.99. The molecule has 0 saturated heterocycles. The summed E-state index contributed by atoms with van der Waals surface area (Å²) in [5.41, 5.74) is 0.949. The Morgan fingerprint density at radius 2 is 2.14 bits per heavy atom. The fourth-order valence-corrected chi connectivity index (χ4v) is 2.71. The van der Waals surface area contributed by atoms with Crippen molar-refractivity contribution in [2.75, 3.05) is 0 Å². The number of halogens is 1. The quantitative estimate of drug-likeness (QED) is 0.791. The van der Waals surface area contributed by atoms with Gasteiger partial charge in [0.05, 0.1) is 11.6 Å². The summed E-state index contributed by atoms with van der Waals surface area (Å²) >= 11 is 7.68. The molecule has 0 fully saturated rings. The van der Waals surface area contributed by atoms with E-state index < -0.39 is 0 Å². The van der Waals surface area contributed by atoms with Gasteiger partial charge in [-0.05, 0) is 23.6 Å². The highest BCUT2D eigenvalue weighted by molar-refractivity contribution is 7.09. The van der Waals surface area contributed by atoms with E-state index in [0.29, 0.717) is 22.9 Å². The van der Waals surface area contributed by atoms with Crippen LogP contribution in [0.25, 0.3) is 11.3 Å². The monoisotopic (exact) mass is 318 g/mol. The molecule has 2 heterocycles. The van der Waals surface area contributed by atoms with Crippen LogP contribution in [-0.2, 0) is 6.54 Å². The third kappa shape index (κ3) is 3.15. The van der Waals surface area contributed by atoms with Crippen LogP contribution < -0.4 is 5.32 Å². The highest BCUT2D eigenvalue weighted by Crippen LogP contribution is 2.27. The molecule has 3 rings (SSSR count). The SMILES string of the molecule is O=C(NCc1cccs1)c1cc(-c2ccccc2Cl)on1. The largest absolute Gasteiger partial charge is 0.355 e. The lowest BCUT2D eigenvalue weighted by molar-refractivity contribution is 0.0942. The van der Waals surface area contributed by atoms with Gasteiger partial charge in [-0.2, -0.15) is 0 Å². The van der Waals surface area contributed by atoms with E-state index in [9.17, 15) is 4.79 Å². The van der Waals surface area contributed by atoms with E-state index in [0.717, 1.165) is 4.88 Å². The number of carbonyl (C=O) groups excluding carboxylic acids is 1. The first-order valence-electron chi connectivity index (χ1n) is 6.26. The molecule has 4 nitrogen and oxygen atoms in total. The first kappa shape index (κ1) is 13.9. The maximum atomic E-state index is 12.0. The van der Waals surface area contributed by atoms with Crippen molar-refractivity contribution >= 4 is 28.8 Å². The van der Waals surface area contributed by atoms with Gasteiger partial charge in [0.25, 0.3) is 5.91 Å². The van der Waals surface area contributed by atoms with Gasteiger partial charge in [-0.3, -0.25) is 4.79 Å². The van der Waals surface area contributed by atoms with Gasteiger partial charge < -0.3 is 9.84 Å². The highest BCUT2D eigenvalue weighted by atomic mass is 35.5. The Hall–Kier alpha value is -2.11. The fraction of sp³-hybridized carbons (Fsp3) is 0.0667. The lowest BCUT2D eigenvalue weighted by Gasteiger charge is -1.99. The van der Waals surface area contributed by atoms with Crippen molar-refractivity contribution in [2.45, 2.75) is 6.54 Å². The van der Waals surface area contributed by atoms with Gasteiger partial charge in [0.15, 0.2) is 11.5 Å².